The van der Waals surface area contributed by atoms with Gasteiger partial charge in [-0.15, -0.1) is 0 Å². The molecule has 2 saturated heterocycles. The average Bonchev–Trinajstić information content (AvgIpc) is 3.36. The van der Waals surface area contributed by atoms with Gasteiger partial charge >= 0.3 is 24.1 Å². The molecule has 4 aromatic rings. The zero-order chi connectivity index (χ0) is 47.8. The minimum absolute atomic E-state index is 0.0410. The number of carbonyl (C=O) groups is 5. The van der Waals surface area contributed by atoms with E-state index in [0.717, 1.165) is 50.7 Å². The first kappa shape index (κ1) is 50.4. The van der Waals surface area contributed by atoms with E-state index in [1.807, 2.05) is 29.2 Å². The maximum Gasteiger partial charge on any atom is 0.471 e. The van der Waals surface area contributed by atoms with Crippen LogP contribution in [0.4, 0.5) is 34.1 Å². The summed E-state index contributed by atoms with van der Waals surface area (Å²) in [5.74, 6) is -1.70. The predicted octanol–water partition coefficient (Wildman–Crippen LogP) is 4.71. The highest BCUT2D eigenvalue weighted by atomic mass is 19.4. The molecule has 3 N–H and O–H groups in total. The normalized spacial score (nSPS) is 14.4. The highest BCUT2D eigenvalue weighted by Crippen LogP contribution is 2.25. The molecule has 0 aliphatic carbocycles. The number of hydrogen-bond donors (Lipinski definition) is 2. The summed E-state index contributed by atoms with van der Waals surface area (Å²) in [5.41, 5.74) is 8.50. The molecule has 0 radical (unpaired) electrons. The van der Waals surface area contributed by atoms with Crippen molar-refractivity contribution in [1.82, 2.24) is 34.9 Å². The number of urea groups is 2. The number of methoxy groups -OCH3 is 2. The van der Waals surface area contributed by atoms with Crippen LogP contribution in [-0.4, -0.2) is 158 Å². The highest BCUT2D eigenvalue weighted by Gasteiger charge is 2.38. The average molecular weight is 919 g/mol. The molecule has 4 heterocycles. The van der Waals surface area contributed by atoms with Gasteiger partial charge in [0.15, 0.2) is 11.6 Å². The van der Waals surface area contributed by atoms with E-state index in [1.165, 1.54) is 24.5 Å². The van der Waals surface area contributed by atoms with Crippen molar-refractivity contribution in [2.24, 2.45) is 5.73 Å². The summed E-state index contributed by atoms with van der Waals surface area (Å²) in [4.78, 5) is 81.8. The van der Waals surface area contributed by atoms with E-state index in [9.17, 15) is 37.1 Å². The second-order valence-electron chi connectivity index (χ2n) is 15.3. The van der Waals surface area contributed by atoms with Crippen molar-refractivity contribution in [1.29, 1.82) is 0 Å². The van der Waals surface area contributed by atoms with E-state index in [2.05, 4.69) is 33.6 Å². The largest absolute Gasteiger partial charge is 0.497 e. The Morgan fingerprint density at radius 3 is 1.33 bits per heavy atom. The number of hydrogen-bond acceptors (Lipinski definition) is 12. The molecule has 0 bridgehead atoms. The van der Waals surface area contributed by atoms with Gasteiger partial charge in [0.05, 0.1) is 51.8 Å². The minimum atomic E-state index is -5.07. The summed E-state index contributed by atoms with van der Waals surface area (Å²) in [7, 11) is 3.16. The number of piperazine rings is 2. The Labute approximate surface area is 382 Å². The molecule has 20 heteroatoms. The van der Waals surface area contributed by atoms with Gasteiger partial charge in [0, 0.05) is 87.3 Å². The maximum absolute atomic E-state index is 13.4. The van der Waals surface area contributed by atoms with Crippen molar-refractivity contribution >= 4 is 40.9 Å². The van der Waals surface area contributed by atoms with Crippen molar-refractivity contribution in [2.75, 3.05) is 103 Å². The van der Waals surface area contributed by atoms with Crippen molar-refractivity contribution in [2.45, 2.75) is 33.1 Å². The number of ether oxygens (including phenoxy) is 2. The first-order valence-electron chi connectivity index (χ1n) is 21.5. The van der Waals surface area contributed by atoms with Crippen LogP contribution in [0.3, 0.4) is 0 Å². The Balaban J connectivity index is 0.000000251. The number of Topliss-reactive ketones (excluding diaryl/α,β-unsaturated/α-hetero) is 2. The number of rotatable bonds is 15. The van der Waals surface area contributed by atoms with Crippen LogP contribution in [0.1, 0.15) is 46.0 Å². The van der Waals surface area contributed by atoms with Gasteiger partial charge in [-0.2, -0.15) is 13.2 Å². The maximum atomic E-state index is 13.4. The van der Waals surface area contributed by atoms with Gasteiger partial charge in [0.25, 0.3) is 0 Å². The van der Waals surface area contributed by atoms with Gasteiger partial charge < -0.3 is 40.1 Å². The number of anilines is 2. The van der Waals surface area contributed by atoms with Crippen molar-refractivity contribution in [3.8, 4) is 11.5 Å². The van der Waals surface area contributed by atoms with Crippen molar-refractivity contribution in [3.05, 3.63) is 108 Å². The third-order valence-electron chi connectivity index (χ3n) is 11.2. The standard InChI is InChI=1S/C24H28F3N5O4.C22H29N5O3/c1-3-30-10-12-31(13-11-30)23(35)32(19-6-8-20(36-2)9-7-19)16-18-5-4-17(14-28-18)21(33)15-29-22(34)24(25,26)27;1-3-25-10-12-26(13-11-25)22(29)27(19-6-8-20(30-2)9-7-19)16-18-5-4-17(15-24-18)21(28)14-23/h4-9,14H,3,10-13,15-16H2,1-2H3,(H,29,34);4-9,15H,3,10-14,16,23H2,1-2H3. The van der Waals surface area contributed by atoms with Gasteiger partial charge in [-0.3, -0.25) is 34.2 Å². The molecule has 2 fully saturated rings. The number of nitrogens with two attached hydrogens (primary N) is 1. The molecule has 5 amide bonds. The molecule has 2 aliphatic heterocycles. The molecular weight excluding hydrogens is 862 g/mol. The van der Waals surface area contributed by atoms with Gasteiger partial charge in [0.1, 0.15) is 11.5 Å². The number of ketones is 2. The van der Waals surface area contributed by atoms with E-state index >= 15 is 0 Å². The van der Waals surface area contributed by atoms with Crippen LogP contribution in [0.5, 0.6) is 11.5 Å². The molecular formula is C46H57F3N10O7. The smallest absolute Gasteiger partial charge is 0.471 e. The monoisotopic (exact) mass is 918 g/mol. The predicted molar refractivity (Wildman–Crippen MR) is 242 cm³/mol. The fraction of sp³-hybridized carbons (Fsp3) is 0.413. The molecule has 2 aromatic heterocycles. The SMILES string of the molecule is CCN1CCN(C(=O)N(Cc2ccc(C(=O)CN)cn2)c2ccc(OC)cc2)CC1.CCN1CCN(C(=O)N(Cc2ccc(C(=O)CNC(=O)C(F)(F)F)cn2)c2ccc(OC)cc2)CC1. The number of halogens is 3. The quantitative estimate of drug-likeness (QED) is 0.157. The lowest BCUT2D eigenvalue weighted by Crippen LogP contribution is -2.52. The molecule has 0 unspecified atom stereocenters. The molecule has 354 valence electrons. The first-order valence-corrected chi connectivity index (χ1v) is 21.5. The molecule has 2 aliphatic rings. The zero-order valence-corrected chi connectivity index (χ0v) is 37.6. The zero-order valence-electron chi connectivity index (χ0n) is 37.6. The lowest BCUT2D eigenvalue weighted by atomic mass is 10.1. The van der Waals surface area contributed by atoms with Crippen LogP contribution in [-0.2, 0) is 17.9 Å². The van der Waals surface area contributed by atoms with E-state index in [1.54, 1.807) is 70.6 Å². The fourth-order valence-corrected chi connectivity index (χ4v) is 7.09. The van der Waals surface area contributed by atoms with Gasteiger partial charge in [-0.1, -0.05) is 13.8 Å². The van der Waals surface area contributed by atoms with Crippen LogP contribution in [0.15, 0.2) is 85.2 Å². The molecule has 0 atom stereocenters. The number of amides is 5. The van der Waals surface area contributed by atoms with Gasteiger partial charge in [-0.05, 0) is 85.9 Å². The second-order valence-corrected chi connectivity index (χ2v) is 15.3. The topological polar surface area (TPSA) is 187 Å². The number of pyridine rings is 2. The second kappa shape index (κ2) is 24.0. The van der Waals surface area contributed by atoms with Gasteiger partial charge in [-0.25, -0.2) is 9.59 Å². The van der Waals surface area contributed by atoms with Crippen LogP contribution < -0.4 is 30.3 Å². The summed E-state index contributed by atoms with van der Waals surface area (Å²) in [5, 5.41) is 1.54. The van der Waals surface area contributed by atoms with Gasteiger partial charge in [0.2, 0.25) is 0 Å². The summed E-state index contributed by atoms with van der Waals surface area (Å²) >= 11 is 0. The Hall–Kier alpha value is -6.64. The lowest BCUT2D eigenvalue weighted by molar-refractivity contribution is -0.173. The number of aromatic nitrogens is 2. The summed E-state index contributed by atoms with van der Waals surface area (Å²) < 4.78 is 47.4. The number of likely N-dealkylation sites (N-methyl/N-ethyl adjacent to an activating group) is 2. The number of nitrogens with zero attached hydrogens (tertiary/aromatic N) is 8. The lowest BCUT2D eigenvalue weighted by Gasteiger charge is -2.37. The van der Waals surface area contributed by atoms with E-state index in [0.29, 0.717) is 61.1 Å². The summed E-state index contributed by atoms with van der Waals surface area (Å²) in [6.45, 7) is 11.5. The number of carbonyl (C=O) groups excluding carboxylic acids is 5. The summed E-state index contributed by atoms with van der Waals surface area (Å²) in [6.07, 6.45) is -2.33. The van der Waals surface area contributed by atoms with Crippen LogP contribution in [0.25, 0.3) is 0 Å². The Morgan fingerprint density at radius 2 is 1.02 bits per heavy atom. The number of nitrogens with one attached hydrogen (secondary N) is 1. The van der Waals surface area contributed by atoms with E-state index < -0.39 is 24.4 Å². The minimum Gasteiger partial charge on any atom is -0.497 e. The van der Waals surface area contributed by atoms with E-state index in [4.69, 9.17) is 15.2 Å². The van der Waals surface area contributed by atoms with Crippen molar-refractivity contribution < 1.29 is 46.6 Å². The Morgan fingerprint density at radius 1 is 0.621 bits per heavy atom. The third-order valence-corrected chi connectivity index (χ3v) is 11.2. The van der Waals surface area contributed by atoms with Crippen LogP contribution in [0, 0.1) is 0 Å². The van der Waals surface area contributed by atoms with Crippen LogP contribution in [0.2, 0.25) is 0 Å². The highest BCUT2D eigenvalue weighted by molar-refractivity contribution is 6.00. The Bertz CT molecular complexity index is 2220. The molecule has 0 spiro atoms. The molecule has 0 saturated carbocycles. The molecule has 66 heavy (non-hydrogen) atoms. The molecule has 2 aromatic carbocycles. The number of alkyl halides is 3. The van der Waals surface area contributed by atoms with Crippen molar-refractivity contribution in [3.63, 3.8) is 0 Å². The molecule has 17 nitrogen and oxygen atoms in total. The fourth-order valence-electron chi connectivity index (χ4n) is 7.09. The third kappa shape index (κ3) is 13.9. The summed E-state index contributed by atoms with van der Waals surface area (Å²) in [6, 6.07) is 20.6. The molecule has 6 rings (SSSR count). The van der Waals surface area contributed by atoms with E-state index in [-0.39, 0.29) is 36.5 Å². The first-order chi connectivity index (χ1) is 31.7. The number of benzene rings is 2. The Kier molecular flexibility index (Phi) is 18.3. The van der Waals surface area contributed by atoms with Crippen LogP contribution >= 0.6 is 0 Å².